The lowest BCUT2D eigenvalue weighted by molar-refractivity contribution is -0.123. The molecule has 0 aliphatic rings. The standard InChI is InChI=1S/C17H32N6O/c1-12(2)15-14(11-23(7)21-15)10-22(6)17(18-5)20-9-8-19-16(24)13(3)4/h11-13H,8-10H2,1-7H3,(H,18,20)(H,19,24). The highest BCUT2D eigenvalue weighted by molar-refractivity contribution is 5.80. The Hall–Kier alpha value is -2.05. The molecule has 1 amide bonds. The van der Waals surface area contributed by atoms with E-state index in [-0.39, 0.29) is 11.8 Å². The van der Waals surface area contributed by atoms with Crippen LogP contribution in [0, 0.1) is 5.92 Å². The maximum Gasteiger partial charge on any atom is 0.222 e. The van der Waals surface area contributed by atoms with Crippen molar-refractivity contribution in [2.24, 2.45) is 18.0 Å². The van der Waals surface area contributed by atoms with Gasteiger partial charge in [-0.05, 0) is 5.92 Å². The molecule has 0 unspecified atom stereocenters. The van der Waals surface area contributed by atoms with E-state index in [1.165, 1.54) is 5.56 Å². The number of carbonyl (C=O) groups is 1. The molecular formula is C17H32N6O. The molecule has 7 heteroatoms. The van der Waals surface area contributed by atoms with E-state index in [0.29, 0.717) is 19.0 Å². The van der Waals surface area contributed by atoms with Crippen LogP contribution in [0.2, 0.25) is 0 Å². The van der Waals surface area contributed by atoms with Gasteiger partial charge < -0.3 is 15.5 Å². The van der Waals surface area contributed by atoms with Gasteiger partial charge in [0, 0.05) is 58.5 Å². The van der Waals surface area contributed by atoms with Crippen molar-refractivity contribution in [3.63, 3.8) is 0 Å². The molecule has 0 radical (unpaired) electrons. The third-order valence-corrected chi connectivity index (χ3v) is 3.70. The highest BCUT2D eigenvalue weighted by Crippen LogP contribution is 2.18. The number of guanidine groups is 1. The number of amides is 1. The molecule has 0 bridgehead atoms. The second kappa shape index (κ2) is 9.30. The van der Waals surface area contributed by atoms with Crippen molar-refractivity contribution in [1.82, 2.24) is 25.3 Å². The molecule has 1 heterocycles. The Morgan fingerprint density at radius 2 is 1.92 bits per heavy atom. The minimum Gasteiger partial charge on any atom is -0.354 e. The first-order valence-electron chi connectivity index (χ1n) is 8.48. The predicted octanol–water partition coefficient (Wildman–Crippen LogP) is 1.32. The van der Waals surface area contributed by atoms with Gasteiger partial charge in [-0.3, -0.25) is 14.5 Å². The number of nitrogens with zero attached hydrogens (tertiary/aromatic N) is 4. The summed E-state index contributed by atoms with van der Waals surface area (Å²) < 4.78 is 1.86. The van der Waals surface area contributed by atoms with Gasteiger partial charge >= 0.3 is 0 Å². The largest absolute Gasteiger partial charge is 0.354 e. The summed E-state index contributed by atoms with van der Waals surface area (Å²) >= 11 is 0. The lowest BCUT2D eigenvalue weighted by Gasteiger charge is -2.22. The molecule has 1 rings (SSSR count). The second-order valence-corrected chi connectivity index (χ2v) is 6.64. The second-order valence-electron chi connectivity index (χ2n) is 6.64. The zero-order chi connectivity index (χ0) is 18.3. The van der Waals surface area contributed by atoms with Gasteiger partial charge in [0.2, 0.25) is 5.91 Å². The van der Waals surface area contributed by atoms with Crippen molar-refractivity contribution in [2.45, 2.75) is 40.2 Å². The molecule has 136 valence electrons. The van der Waals surface area contributed by atoms with E-state index >= 15 is 0 Å². The van der Waals surface area contributed by atoms with E-state index in [0.717, 1.165) is 18.2 Å². The van der Waals surface area contributed by atoms with Crippen LogP contribution in [-0.2, 0) is 18.4 Å². The van der Waals surface area contributed by atoms with E-state index in [2.05, 4.69) is 45.7 Å². The van der Waals surface area contributed by atoms with Gasteiger partial charge in [-0.15, -0.1) is 0 Å². The van der Waals surface area contributed by atoms with Crippen molar-refractivity contribution < 1.29 is 4.79 Å². The van der Waals surface area contributed by atoms with Gasteiger partial charge in [0.1, 0.15) is 0 Å². The molecular weight excluding hydrogens is 304 g/mol. The summed E-state index contributed by atoms with van der Waals surface area (Å²) in [6, 6.07) is 0. The molecule has 2 N–H and O–H groups in total. The number of aryl methyl sites for hydroxylation is 1. The summed E-state index contributed by atoms with van der Waals surface area (Å²) in [6.07, 6.45) is 2.06. The van der Waals surface area contributed by atoms with Crippen LogP contribution in [0.1, 0.15) is 44.9 Å². The summed E-state index contributed by atoms with van der Waals surface area (Å²) in [5.41, 5.74) is 2.31. The average Bonchev–Trinajstić information content (AvgIpc) is 2.87. The third-order valence-electron chi connectivity index (χ3n) is 3.70. The van der Waals surface area contributed by atoms with E-state index < -0.39 is 0 Å². The zero-order valence-corrected chi connectivity index (χ0v) is 16.1. The Morgan fingerprint density at radius 1 is 1.29 bits per heavy atom. The summed E-state index contributed by atoms with van der Waals surface area (Å²) in [6.45, 7) is 10.0. The number of nitrogens with one attached hydrogen (secondary N) is 2. The number of hydrogen-bond acceptors (Lipinski definition) is 3. The van der Waals surface area contributed by atoms with Crippen molar-refractivity contribution >= 4 is 11.9 Å². The molecule has 0 aromatic carbocycles. The Balaban J connectivity index is 2.56. The highest BCUT2D eigenvalue weighted by atomic mass is 16.1. The van der Waals surface area contributed by atoms with Gasteiger partial charge in [0.15, 0.2) is 5.96 Å². The monoisotopic (exact) mass is 336 g/mol. The normalized spacial score (nSPS) is 12.0. The molecule has 0 saturated carbocycles. The summed E-state index contributed by atoms with van der Waals surface area (Å²) in [4.78, 5) is 17.9. The van der Waals surface area contributed by atoms with Crippen LogP contribution in [0.25, 0.3) is 0 Å². The Labute approximate surface area is 145 Å². The van der Waals surface area contributed by atoms with Crippen LogP contribution < -0.4 is 10.6 Å². The lowest BCUT2D eigenvalue weighted by Crippen LogP contribution is -2.42. The van der Waals surface area contributed by atoms with Crippen LogP contribution in [0.5, 0.6) is 0 Å². The summed E-state index contributed by atoms with van der Waals surface area (Å²) in [5, 5.41) is 10.7. The molecule has 1 aromatic rings. The number of rotatable bonds is 7. The Morgan fingerprint density at radius 3 is 2.46 bits per heavy atom. The van der Waals surface area contributed by atoms with E-state index in [4.69, 9.17) is 0 Å². The minimum absolute atomic E-state index is 0.00650. The maximum absolute atomic E-state index is 11.5. The van der Waals surface area contributed by atoms with Gasteiger partial charge in [0.25, 0.3) is 0 Å². The fourth-order valence-corrected chi connectivity index (χ4v) is 2.44. The van der Waals surface area contributed by atoms with E-state index in [1.807, 2.05) is 32.6 Å². The third kappa shape index (κ3) is 5.86. The fraction of sp³-hybridized carbons (Fsp3) is 0.706. The molecule has 1 aromatic heterocycles. The first kappa shape index (κ1) is 20.0. The minimum atomic E-state index is 0.00650. The topological polar surface area (TPSA) is 74.6 Å². The number of carbonyl (C=O) groups excluding carboxylic acids is 1. The molecule has 0 aliphatic carbocycles. The van der Waals surface area contributed by atoms with E-state index in [1.54, 1.807) is 7.05 Å². The van der Waals surface area contributed by atoms with Gasteiger partial charge in [-0.2, -0.15) is 5.10 Å². The molecule has 0 fully saturated rings. The van der Waals surface area contributed by atoms with Crippen molar-refractivity contribution in [3.05, 3.63) is 17.5 Å². The molecule has 0 spiro atoms. The van der Waals surface area contributed by atoms with Crippen LogP contribution >= 0.6 is 0 Å². The van der Waals surface area contributed by atoms with Gasteiger partial charge in [-0.25, -0.2) is 0 Å². The predicted molar refractivity (Wildman–Crippen MR) is 98.0 cm³/mol. The smallest absolute Gasteiger partial charge is 0.222 e. The number of aromatic nitrogens is 2. The zero-order valence-electron chi connectivity index (χ0n) is 16.1. The van der Waals surface area contributed by atoms with Crippen LogP contribution in [0.4, 0.5) is 0 Å². The first-order chi connectivity index (χ1) is 11.3. The van der Waals surface area contributed by atoms with Gasteiger partial charge in [0.05, 0.1) is 5.69 Å². The quantitative estimate of drug-likeness (QED) is 0.447. The summed E-state index contributed by atoms with van der Waals surface area (Å²) in [7, 11) is 5.71. The maximum atomic E-state index is 11.5. The number of hydrogen-bond donors (Lipinski definition) is 2. The van der Waals surface area contributed by atoms with E-state index in [9.17, 15) is 4.79 Å². The number of aliphatic imine (C=N–C) groups is 1. The molecule has 24 heavy (non-hydrogen) atoms. The summed E-state index contributed by atoms with van der Waals surface area (Å²) in [5.74, 6) is 1.26. The Kier molecular flexibility index (Phi) is 7.74. The highest BCUT2D eigenvalue weighted by Gasteiger charge is 2.15. The Bertz CT molecular complexity index is 561. The molecule has 0 saturated heterocycles. The fourth-order valence-electron chi connectivity index (χ4n) is 2.44. The first-order valence-corrected chi connectivity index (χ1v) is 8.48. The van der Waals surface area contributed by atoms with Gasteiger partial charge in [-0.1, -0.05) is 27.7 Å². The van der Waals surface area contributed by atoms with Crippen molar-refractivity contribution in [3.8, 4) is 0 Å². The van der Waals surface area contributed by atoms with Crippen molar-refractivity contribution in [1.29, 1.82) is 0 Å². The van der Waals surface area contributed by atoms with Crippen molar-refractivity contribution in [2.75, 3.05) is 27.2 Å². The SMILES string of the molecule is CN=C(NCCNC(=O)C(C)C)N(C)Cc1cn(C)nc1C(C)C. The van der Waals surface area contributed by atoms with Crippen LogP contribution in [0.3, 0.4) is 0 Å². The molecule has 7 nitrogen and oxygen atoms in total. The average molecular weight is 336 g/mol. The van der Waals surface area contributed by atoms with Crippen LogP contribution in [-0.4, -0.2) is 53.7 Å². The van der Waals surface area contributed by atoms with Crippen LogP contribution in [0.15, 0.2) is 11.2 Å². The molecule has 0 atom stereocenters. The lowest BCUT2D eigenvalue weighted by atomic mass is 10.1. The molecule has 0 aliphatic heterocycles.